The van der Waals surface area contributed by atoms with Crippen molar-refractivity contribution in [2.24, 2.45) is 0 Å². The van der Waals surface area contributed by atoms with E-state index in [1.165, 1.54) is 128 Å². The summed E-state index contributed by atoms with van der Waals surface area (Å²) in [6.07, 6.45) is 51.9. The zero-order valence-electron chi connectivity index (χ0n) is 32.0. The Labute approximate surface area is 299 Å². The van der Waals surface area contributed by atoms with E-state index in [0.29, 0.717) is 12.8 Å². The average Bonchev–Trinajstić information content (AvgIpc) is 3.07. The average molecular weight is 673 g/mol. The van der Waals surface area contributed by atoms with E-state index in [1.54, 1.807) is 0 Å². The van der Waals surface area contributed by atoms with Crippen LogP contribution in [0.1, 0.15) is 226 Å². The highest BCUT2D eigenvalue weighted by atomic mass is 16.5. The van der Waals surface area contributed by atoms with Gasteiger partial charge in [0.25, 0.3) is 0 Å². The summed E-state index contributed by atoms with van der Waals surface area (Å²) in [4.78, 5) is 23.3. The van der Waals surface area contributed by atoms with Crippen LogP contribution in [-0.2, 0) is 14.3 Å². The predicted molar refractivity (Wildman–Crippen MR) is 209 cm³/mol. The molecule has 0 aliphatic heterocycles. The maximum atomic E-state index is 12.7. The lowest BCUT2D eigenvalue weighted by Gasteiger charge is -2.18. The van der Waals surface area contributed by atoms with Gasteiger partial charge in [-0.2, -0.15) is 0 Å². The molecule has 1 atom stereocenters. The molecule has 0 aromatic rings. The fraction of sp³-hybridized carbons (Fsp3) is 0.818. The highest BCUT2D eigenvalue weighted by Gasteiger charge is 2.14. The van der Waals surface area contributed by atoms with Gasteiger partial charge in [0.05, 0.1) is 0 Å². The zero-order chi connectivity index (χ0) is 35.0. The van der Waals surface area contributed by atoms with Crippen molar-refractivity contribution in [3.8, 4) is 0 Å². The first kappa shape index (κ1) is 46.2. The van der Waals surface area contributed by atoms with Crippen LogP contribution in [0.2, 0.25) is 0 Å². The number of carboxylic acids is 1. The smallest absolute Gasteiger partial charge is 0.306 e. The molecule has 0 bridgehead atoms. The second-order valence-electron chi connectivity index (χ2n) is 14.2. The van der Waals surface area contributed by atoms with Gasteiger partial charge in [0.2, 0.25) is 0 Å². The monoisotopic (exact) mass is 673 g/mol. The maximum absolute atomic E-state index is 12.7. The van der Waals surface area contributed by atoms with Crippen molar-refractivity contribution in [2.45, 2.75) is 232 Å². The quantitative estimate of drug-likeness (QED) is 0.0403. The minimum atomic E-state index is -0.674. The van der Waals surface area contributed by atoms with Crippen molar-refractivity contribution in [2.75, 3.05) is 0 Å². The van der Waals surface area contributed by atoms with Gasteiger partial charge in [-0.05, 0) is 70.6 Å². The summed E-state index contributed by atoms with van der Waals surface area (Å²) in [6.45, 7) is 4.43. The molecule has 0 aliphatic carbocycles. The van der Waals surface area contributed by atoms with Crippen LogP contribution in [0, 0.1) is 0 Å². The number of carbonyl (C=O) groups excluding carboxylic acids is 1. The fourth-order valence-electron chi connectivity index (χ4n) is 6.32. The highest BCUT2D eigenvalue weighted by molar-refractivity contribution is 5.69. The van der Waals surface area contributed by atoms with Crippen molar-refractivity contribution >= 4 is 11.9 Å². The van der Waals surface area contributed by atoms with Crippen LogP contribution in [0.25, 0.3) is 0 Å². The van der Waals surface area contributed by atoms with Gasteiger partial charge >= 0.3 is 11.9 Å². The van der Waals surface area contributed by atoms with E-state index in [-0.39, 0.29) is 12.1 Å². The number of hydrogen-bond donors (Lipinski definition) is 1. The number of allylic oxidation sites excluding steroid dienone is 6. The number of carbonyl (C=O) groups is 2. The second-order valence-corrected chi connectivity index (χ2v) is 14.2. The van der Waals surface area contributed by atoms with Gasteiger partial charge in [-0.15, -0.1) is 0 Å². The molecule has 4 nitrogen and oxygen atoms in total. The van der Waals surface area contributed by atoms with Crippen LogP contribution in [0.15, 0.2) is 36.5 Å². The minimum absolute atomic E-state index is 0.0311. The van der Waals surface area contributed by atoms with E-state index >= 15 is 0 Å². The normalized spacial score (nSPS) is 12.5. The summed E-state index contributed by atoms with van der Waals surface area (Å²) >= 11 is 0. The van der Waals surface area contributed by atoms with E-state index in [1.807, 2.05) is 0 Å². The molecule has 0 spiro atoms. The largest absolute Gasteiger partial charge is 0.481 e. The summed E-state index contributed by atoms with van der Waals surface area (Å²) in [5, 5.41) is 8.72. The first-order valence-corrected chi connectivity index (χ1v) is 21.0. The molecule has 0 aromatic carbocycles. The highest BCUT2D eigenvalue weighted by Crippen LogP contribution is 2.19. The number of rotatable bonds is 38. The number of carboxylic acid groups (broad SMARTS) is 1. The van der Waals surface area contributed by atoms with E-state index in [0.717, 1.165) is 70.6 Å². The van der Waals surface area contributed by atoms with Crippen molar-refractivity contribution < 1.29 is 19.4 Å². The van der Waals surface area contributed by atoms with Crippen molar-refractivity contribution in [3.63, 3.8) is 0 Å². The van der Waals surface area contributed by atoms with Gasteiger partial charge in [-0.25, -0.2) is 0 Å². The van der Waals surface area contributed by atoms with Crippen molar-refractivity contribution in [3.05, 3.63) is 36.5 Å². The SMILES string of the molecule is CC/C=C\C/C=C\C/C=C\CCCCCCCCCCCC(=O)OC(CCCCCCCC)CCCCCCCCCCCCC(=O)O. The van der Waals surface area contributed by atoms with Crippen LogP contribution in [0.5, 0.6) is 0 Å². The molecule has 1 N–H and O–H groups in total. The molecule has 0 heterocycles. The topological polar surface area (TPSA) is 63.6 Å². The third kappa shape index (κ3) is 38.6. The molecular formula is C44H80O4. The Morgan fingerprint density at radius 1 is 0.479 bits per heavy atom. The molecule has 0 aliphatic rings. The third-order valence-electron chi connectivity index (χ3n) is 9.38. The van der Waals surface area contributed by atoms with Gasteiger partial charge in [0.1, 0.15) is 6.10 Å². The number of hydrogen-bond acceptors (Lipinski definition) is 3. The molecule has 0 aromatic heterocycles. The Bertz CT molecular complexity index is 768. The van der Waals surface area contributed by atoms with Gasteiger partial charge in [-0.3, -0.25) is 9.59 Å². The lowest BCUT2D eigenvalue weighted by Crippen LogP contribution is -2.18. The Hall–Kier alpha value is -1.84. The molecule has 48 heavy (non-hydrogen) atoms. The fourth-order valence-corrected chi connectivity index (χ4v) is 6.32. The first-order valence-electron chi connectivity index (χ1n) is 21.0. The van der Waals surface area contributed by atoms with Gasteiger partial charge < -0.3 is 9.84 Å². The second kappa shape index (κ2) is 39.6. The number of aliphatic carboxylic acids is 1. The zero-order valence-corrected chi connectivity index (χ0v) is 32.0. The van der Waals surface area contributed by atoms with E-state index in [4.69, 9.17) is 9.84 Å². The molecule has 280 valence electrons. The molecule has 4 heteroatoms. The Kier molecular flexibility index (Phi) is 38.1. The van der Waals surface area contributed by atoms with E-state index in [2.05, 4.69) is 50.3 Å². The number of esters is 1. The van der Waals surface area contributed by atoms with Gasteiger partial charge in [0, 0.05) is 12.8 Å². The van der Waals surface area contributed by atoms with Crippen LogP contribution in [0.3, 0.4) is 0 Å². The lowest BCUT2D eigenvalue weighted by molar-refractivity contribution is -0.150. The minimum Gasteiger partial charge on any atom is -0.481 e. The van der Waals surface area contributed by atoms with E-state index in [9.17, 15) is 9.59 Å². The van der Waals surface area contributed by atoms with Crippen LogP contribution < -0.4 is 0 Å². The Morgan fingerprint density at radius 3 is 1.35 bits per heavy atom. The molecule has 0 saturated carbocycles. The van der Waals surface area contributed by atoms with Crippen molar-refractivity contribution in [1.29, 1.82) is 0 Å². The van der Waals surface area contributed by atoms with Gasteiger partial charge in [0.15, 0.2) is 0 Å². The van der Waals surface area contributed by atoms with Crippen LogP contribution in [-0.4, -0.2) is 23.1 Å². The maximum Gasteiger partial charge on any atom is 0.306 e. The predicted octanol–water partition coefficient (Wildman–Crippen LogP) is 14.6. The van der Waals surface area contributed by atoms with Crippen LogP contribution >= 0.6 is 0 Å². The molecule has 0 rings (SSSR count). The molecule has 0 amide bonds. The molecular weight excluding hydrogens is 592 g/mol. The lowest BCUT2D eigenvalue weighted by atomic mass is 10.0. The van der Waals surface area contributed by atoms with E-state index < -0.39 is 5.97 Å². The number of ether oxygens (including phenoxy) is 1. The first-order chi connectivity index (χ1) is 23.6. The number of unbranched alkanes of at least 4 members (excludes halogenated alkanes) is 23. The molecule has 0 radical (unpaired) electrons. The van der Waals surface area contributed by atoms with Crippen LogP contribution in [0.4, 0.5) is 0 Å². The molecule has 0 fully saturated rings. The third-order valence-corrected chi connectivity index (χ3v) is 9.38. The summed E-state index contributed by atoms with van der Waals surface area (Å²) in [5.74, 6) is -0.643. The summed E-state index contributed by atoms with van der Waals surface area (Å²) in [5.41, 5.74) is 0. The Morgan fingerprint density at radius 2 is 0.875 bits per heavy atom. The summed E-state index contributed by atoms with van der Waals surface area (Å²) in [7, 11) is 0. The Balaban J connectivity index is 3.89. The summed E-state index contributed by atoms with van der Waals surface area (Å²) in [6, 6.07) is 0. The molecule has 0 saturated heterocycles. The van der Waals surface area contributed by atoms with Gasteiger partial charge in [-0.1, -0.05) is 179 Å². The summed E-state index contributed by atoms with van der Waals surface area (Å²) < 4.78 is 6.04. The molecule has 1 unspecified atom stereocenters. The van der Waals surface area contributed by atoms with Crippen molar-refractivity contribution in [1.82, 2.24) is 0 Å². The standard InChI is InChI=1S/C44H80O4/c1-3-5-7-9-11-12-13-14-15-16-17-18-19-20-21-26-29-33-37-41-44(47)48-42(38-34-30-10-8-6-4-2)39-35-31-27-24-22-23-25-28-32-36-40-43(45)46/h5,7,11-12,14-15,42H,3-4,6,8-10,13,16-41H2,1-2H3,(H,45,46)/b7-5-,12-11-,15-14-.